The van der Waals surface area contributed by atoms with Gasteiger partial charge in [0, 0.05) is 35.5 Å². The van der Waals surface area contributed by atoms with E-state index in [0.717, 1.165) is 50.4 Å². The van der Waals surface area contributed by atoms with Crippen molar-refractivity contribution in [1.29, 1.82) is 0 Å². The molecule has 4 unspecified atom stereocenters. The van der Waals surface area contributed by atoms with Crippen molar-refractivity contribution in [2.45, 2.75) is 102 Å². The number of hydrogen-bond donors (Lipinski definition) is 0. The molecule has 12 saturated carbocycles. The lowest BCUT2D eigenvalue weighted by Crippen LogP contribution is -2.65. The van der Waals surface area contributed by atoms with Gasteiger partial charge >= 0.3 is 11.9 Å². The number of ether oxygens (including phenoxy) is 4. The fourth-order valence-electron chi connectivity index (χ4n) is 13.9. The first-order valence-corrected chi connectivity index (χ1v) is 18.4. The third-order valence-electron chi connectivity index (χ3n) is 15.4. The quantitative estimate of drug-likeness (QED) is 0.380. The van der Waals surface area contributed by atoms with Gasteiger partial charge in [0.25, 0.3) is 0 Å². The molecule has 244 valence electrons. The highest BCUT2D eigenvalue weighted by Gasteiger charge is 2.64. The van der Waals surface area contributed by atoms with Crippen LogP contribution in [0.1, 0.15) is 96.3 Å². The lowest BCUT2D eigenvalue weighted by molar-refractivity contribution is -0.385. The van der Waals surface area contributed by atoms with E-state index in [2.05, 4.69) is 0 Å². The highest BCUT2D eigenvalue weighted by atomic mass is 16.7. The highest BCUT2D eigenvalue weighted by molar-refractivity contribution is 5.90. The Kier molecular flexibility index (Phi) is 5.91. The Morgan fingerprint density at radius 1 is 0.556 bits per heavy atom. The first-order chi connectivity index (χ1) is 21.7. The summed E-state index contributed by atoms with van der Waals surface area (Å²) in [4.78, 5) is 53.4. The standard InChI is InChI=1S/C37H48O8/c38-30-24-2-22-3-25(30)13-35(10-22,12-24)32(40)42-16-34(17-43-33(41)36-11-23-4-26(14-36)31(39)27(5-23)15-36)18-44-37(45-19-34)28-6-20-1-21(8-28)9-29(37)7-20/h20-29H,1-19H2. The van der Waals surface area contributed by atoms with Crippen LogP contribution in [0.3, 0.4) is 0 Å². The van der Waals surface area contributed by atoms with Gasteiger partial charge in [-0.3, -0.25) is 19.2 Å². The SMILES string of the molecule is O=C1C2CC3CC1CC(C(=O)OCC1(COC(=O)C45CC6CC(C4)C(=O)C(C6)C5)COC4(OC1)C1CC5CC(C1)CC4C5)(C3)C2. The van der Waals surface area contributed by atoms with Gasteiger partial charge in [-0.15, -0.1) is 0 Å². The Morgan fingerprint density at radius 2 is 0.956 bits per heavy atom. The highest BCUT2D eigenvalue weighted by Crippen LogP contribution is 2.63. The Hall–Kier alpha value is -1.80. The number of esters is 2. The van der Waals surface area contributed by atoms with E-state index in [1.807, 2.05) is 0 Å². The molecule has 0 N–H and O–H groups in total. The molecule has 13 rings (SSSR count). The smallest absolute Gasteiger partial charge is 0.312 e. The summed E-state index contributed by atoms with van der Waals surface area (Å²) in [6.07, 6.45) is 13.8. The van der Waals surface area contributed by atoms with Gasteiger partial charge in [0.2, 0.25) is 0 Å². The van der Waals surface area contributed by atoms with Crippen LogP contribution in [0.25, 0.3) is 0 Å². The van der Waals surface area contributed by atoms with Gasteiger partial charge in [-0.1, -0.05) is 0 Å². The van der Waals surface area contributed by atoms with Crippen LogP contribution < -0.4 is 0 Å². The number of rotatable bonds is 6. The number of carbonyl (C=O) groups excluding carboxylic acids is 4. The average molecular weight is 621 g/mol. The molecule has 0 aromatic rings. The van der Waals surface area contributed by atoms with Crippen molar-refractivity contribution >= 4 is 23.5 Å². The van der Waals surface area contributed by atoms with Gasteiger partial charge in [-0.05, 0) is 120 Å². The fraction of sp³-hybridized carbons (Fsp3) is 0.892. The fourth-order valence-corrected chi connectivity index (χ4v) is 13.9. The van der Waals surface area contributed by atoms with Crippen LogP contribution in [0.15, 0.2) is 0 Å². The van der Waals surface area contributed by atoms with Crippen LogP contribution in [0.4, 0.5) is 0 Å². The summed E-state index contributed by atoms with van der Waals surface area (Å²) >= 11 is 0. The topological polar surface area (TPSA) is 105 Å². The van der Waals surface area contributed by atoms with Gasteiger partial charge < -0.3 is 18.9 Å². The molecule has 12 aliphatic carbocycles. The van der Waals surface area contributed by atoms with Gasteiger partial charge in [0.05, 0.1) is 29.5 Å². The minimum absolute atomic E-state index is 0.00371. The minimum atomic E-state index is -0.776. The Labute approximate surface area is 265 Å². The molecule has 1 aliphatic heterocycles. The van der Waals surface area contributed by atoms with E-state index < -0.39 is 22.0 Å². The molecule has 0 radical (unpaired) electrons. The zero-order valence-electron chi connectivity index (χ0n) is 26.5. The maximum atomic E-state index is 13.9. The molecule has 8 nitrogen and oxygen atoms in total. The van der Waals surface area contributed by atoms with E-state index in [9.17, 15) is 19.2 Å². The number of ketones is 2. The van der Waals surface area contributed by atoms with Gasteiger partial charge in [0.15, 0.2) is 5.79 Å². The Bertz CT molecular complexity index is 1200. The molecular formula is C37H48O8. The molecule has 45 heavy (non-hydrogen) atoms. The van der Waals surface area contributed by atoms with Crippen LogP contribution in [-0.2, 0) is 38.1 Å². The summed E-state index contributed by atoms with van der Waals surface area (Å²) in [6.45, 7) is 0.860. The van der Waals surface area contributed by atoms with Crippen LogP contribution in [-0.4, -0.2) is 55.7 Å². The second-order valence-electron chi connectivity index (χ2n) is 18.3. The predicted molar refractivity (Wildman–Crippen MR) is 158 cm³/mol. The molecule has 8 heteroatoms. The zero-order valence-corrected chi connectivity index (χ0v) is 26.5. The summed E-state index contributed by atoms with van der Waals surface area (Å²) in [5.41, 5.74) is -1.90. The maximum Gasteiger partial charge on any atom is 0.312 e. The second-order valence-corrected chi connectivity index (χ2v) is 18.3. The van der Waals surface area contributed by atoms with E-state index in [0.29, 0.717) is 74.1 Å². The Morgan fingerprint density at radius 3 is 1.36 bits per heavy atom. The molecule has 12 bridgehead atoms. The summed E-state index contributed by atoms with van der Waals surface area (Å²) in [7, 11) is 0. The van der Waals surface area contributed by atoms with Crippen LogP contribution in [0, 0.1) is 75.4 Å². The van der Waals surface area contributed by atoms with Crippen molar-refractivity contribution in [1.82, 2.24) is 0 Å². The second kappa shape index (κ2) is 9.42. The molecule has 0 aromatic heterocycles. The van der Waals surface area contributed by atoms with Crippen molar-refractivity contribution in [3.8, 4) is 0 Å². The maximum absolute atomic E-state index is 13.9. The molecule has 1 heterocycles. The lowest BCUT2D eigenvalue weighted by atomic mass is 9.49. The third kappa shape index (κ3) is 4.02. The van der Waals surface area contributed by atoms with Gasteiger partial charge in [-0.2, -0.15) is 0 Å². The van der Waals surface area contributed by atoms with Crippen LogP contribution in [0.2, 0.25) is 0 Å². The van der Waals surface area contributed by atoms with Crippen LogP contribution in [0.5, 0.6) is 0 Å². The predicted octanol–water partition coefficient (Wildman–Crippen LogP) is 5.05. The lowest BCUT2D eigenvalue weighted by Gasteiger charge is -2.62. The molecule has 13 fully saturated rings. The molecule has 4 atom stereocenters. The summed E-state index contributed by atoms with van der Waals surface area (Å²) in [6, 6.07) is 0. The number of Topliss-reactive ketones (excluding diaryl/α,β-unsaturated/α-hetero) is 2. The molecule has 13 aliphatic rings. The number of hydrogen-bond acceptors (Lipinski definition) is 8. The van der Waals surface area contributed by atoms with Crippen molar-refractivity contribution in [3.05, 3.63) is 0 Å². The summed E-state index contributed by atoms with van der Waals surface area (Å²) in [5.74, 6) is 3.07. The normalized spacial score (nSPS) is 54.7. The van der Waals surface area contributed by atoms with Crippen LogP contribution >= 0.6 is 0 Å². The van der Waals surface area contributed by atoms with E-state index in [1.54, 1.807) is 0 Å². The van der Waals surface area contributed by atoms with E-state index in [-0.39, 0.29) is 48.8 Å². The molecule has 1 saturated heterocycles. The van der Waals surface area contributed by atoms with Gasteiger partial charge in [-0.25, -0.2) is 0 Å². The van der Waals surface area contributed by atoms with Crippen molar-refractivity contribution < 1.29 is 38.1 Å². The third-order valence-corrected chi connectivity index (χ3v) is 15.4. The molecule has 0 amide bonds. The molecular weight excluding hydrogens is 572 g/mol. The first kappa shape index (κ1) is 28.2. The Balaban J connectivity index is 0.878. The monoisotopic (exact) mass is 620 g/mol. The van der Waals surface area contributed by atoms with E-state index in [4.69, 9.17) is 18.9 Å². The van der Waals surface area contributed by atoms with Crippen molar-refractivity contribution in [2.24, 2.45) is 75.4 Å². The van der Waals surface area contributed by atoms with Crippen molar-refractivity contribution in [3.63, 3.8) is 0 Å². The molecule has 1 spiro atoms. The molecule has 0 aromatic carbocycles. The largest absolute Gasteiger partial charge is 0.464 e. The van der Waals surface area contributed by atoms with E-state index in [1.165, 1.54) is 32.1 Å². The first-order valence-electron chi connectivity index (χ1n) is 18.4. The van der Waals surface area contributed by atoms with E-state index >= 15 is 0 Å². The van der Waals surface area contributed by atoms with Crippen molar-refractivity contribution in [2.75, 3.05) is 26.4 Å². The minimum Gasteiger partial charge on any atom is -0.464 e. The number of carbonyl (C=O) groups is 4. The van der Waals surface area contributed by atoms with Gasteiger partial charge in [0.1, 0.15) is 24.8 Å². The average Bonchev–Trinajstić information content (AvgIpc) is 3.02. The summed E-state index contributed by atoms with van der Waals surface area (Å²) in [5, 5.41) is 0. The zero-order chi connectivity index (χ0) is 30.3. The summed E-state index contributed by atoms with van der Waals surface area (Å²) < 4.78 is 26.2.